The maximum absolute atomic E-state index is 12.0. The normalized spacial score (nSPS) is 12.9. The minimum atomic E-state index is -0.270. The van der Waals surface area contributed by atoms with Crippen molar-refractivity contribution in [2.75, 3.05) is 0 Å². The Hall–Kier alpha value is -0.870. The van der Waals surface area contributed by atoms with Crippen LogP contribution in [-0.2, 0) is 10.2 Å². The fourth-order valence-corrected chi connectivity index (χ4v) is 2.46. The zero-order chi connectivity index (χ0) is 16.2. The number of esters is 1. The number of allylic oxidation sites excluding steroid dienone is 1. The van der Waals surface area contributed by atoms with Gasteiger partial charge in [0.1, 0.15) is 5.75 Å². The van der Waals surface area contributed by atoms with Gasteiger partial charge in [-0.25, -0.2) is 0 Å². The van der Waals surface area contributed by atoms with Gasteiger partial charge in [-0.3, -0.25) is 4.79 Å². The highest BCUT2D eigenvalue weighted by Crippen LogP contribution is 2.35. The van der Waals surface area contributed by atoms with Crippen molar-refractivity contribution >= 4 is 31.2 Å². The summed E-state index contributed by atoms with van der Waals surface area (Å²) in [6, 6.07) is 3.85. The summed E-state index contributed by atoms with van der Waals surface area (Å²) in [7, 11) is 0. The topological polar surface area (TPSA) is 26.3 Å². The highest BCUT2D eigenvalue weighted by atomic mass is 32.1. The number of thiol groups is 2. The fourth-order valence-electron chi connectivity index (χ4n) is 1.97. The number of hydrogen-bond donors (Lipinski definition) is 2. The molecule has 0 radical (unpaired) electrons. The second-order valence-electron chi connectivity index (χ2n) is 6.24. The Bertz CT molecular complexity index is 530. The van der Waals surface area contributed by atoms with Gasteiger partial charge in [0.05, 0.1) is 6.42 Å². The highest BCUT2D eigenvalue weighted by molar-refractivity contribution is 7.81. The molecule has 0 spiro atoms. The van der Waals surface area contributed by atoms with E-state index in [-0.39, 0.29) is 23.1 Å². The van der Waals surface area contributed by atoms with Crippen LogP contribution in [0.3, 0.4) is 0 Å². The molecule has 0 saturated heterocycles. The van der Waals surface area contributed by atoms with E-state index in [4.69, 9.17) is 4.74 Å². The number of ether oxygens (including phenoxy) is 1. The zero-order valence-corrected chi connectivity index (χ0v) is 14.9. The third kappa shape index (κ3) is 5.44. The average Bonchev–Trinajstić information content (AvgIpc) is 2.32. The average molecular weight is 325 g/mol. The quantitative estimate of drug-likeness (QED) is 0.354. The Kier molecular flexibility index (Phi) is 6.41. The van der Waals surface area contributed by atoms with E-state index in [9.17, 15) is 4.79 Å². The molecule has 0 fully saturated rings. The summed E-state index contributed by atoms with van der Waals surface area (Å²) < 4.78 is 5.57. The summed E-state index contributed by atoms with van der Waals surface area (Å²) >= 11 is 8.81. The van der Waals surface area contributed by atoms with Gasteiger partial charge in [0, 0.05) is 15.7 Å². The first-order valence-electron chi connectivity index (χ1n) is 6.99. The molecule has 1 aromatic carbocycles. The van der Waals surface area contributed by atoms with Gasteiger partial charge in [0.2, 0.25) is 0 Å². The van der Waals surface area contributed by atoms with Gasteiger partial charge in [-0.05, 0) is 36.5 Å². The van der Waals surface area contributed by atoms with E-state index in [1.165, 1.54) is 0 Å². The van der Waals surface area contributed by atoms with Crippen LogP contribution in [-0.4, -0.2) is 11.2 Å². The van der Waals surface area contributed by atoms with E-state index >= 15 is 0 Å². The lowest BCUT2D eigenvalue weighted by Gasteiger charge is -2.23. The molecule has 1 rings (SSSR count). The van der Waals surface area contributed by atoms with Gasteiger partial charge in [-0.2, -0.15) is 12.6 Å². The lowest BCUT2D eigenvalue weighted by atomic mass is 9.86. The number of benzene rings is 1. The van der Waals surface area contributed by atoms with E-state index in [0.717, 1.165) is 16.0 Å². The summed E-state index contributed by atoms with van der Waals surface area (Å²) in [6.45, 7) is 11.9. The Morgan fingerprint density at radius 1 is 1.43 bits per heavy atom. The van der Waals surface area contributed by atoms with E-state index in [1.807, 2.05) is 19.1 Å². The Morgan fingerprint density at radius 2 is 2.05 bits per heavy atom. The van der Waals surface area contributed by atoms with Crippen LogP contribution in [0, 0.1) is 6.92 Å². The summed E-state index contributed by atoms with van der Waals surface area (Å²) in [5.74, 6) is 0.343. The first-order chi connectivity index (χ1) is 9.65. The molecule has 0 heterocycles. The van der Waals surface area contributed by atoms with Crippen molar-refractivity contribution in [1.82, 2.24) is 0 Å². The molecule has 1 atom stereocenters. The standard InChI is InChI=1S/C17H24O2S2/c1-6-7-12(20)9-16(18)19-14-8-11(2)15(21)10-13(14)17(3,4)5/h6,8,10,12,20-21H,1,7,9H2,2-5H3. The van der Waals surface area contributed by atoms with Crippen molar-refractivity contribution < 1.29 is 9.53 Å². The van der Waals surface area contributed by atoms with Gasteiger partial charge in [-0.15, -0.1) is 19.2 Å². The lowest BCUT2D eigenvalue weighted by Crippen LogP contribution is -2.18. The Labute approximate surface area is 138 Å². The molecule has 0 aliphatic carbocycles. The van der Waals surface area contributed by atoms with Crippen LogP contribution in [0.15, 0.2) is 29.7 Å². The van der Waals surface area contributed by atoms with Crippen LogP contribution >= 0.6 is 25.3 Å². The molecule has 0 aliphatic heterocycles. The lowest BCUT2D eigenvalue weighted by molar-refractivity contribution is -0.134. The van der Waals surface area contributed by atoms with Gasteiger partial charge in [-0.1, -0.05) is 26.8 Å². The van der Waals surface area contributed by atoms with Gasteiger partial charge in [0.25, 0.3) is 0 Å². The van der Waals surface area contributed by atoms with Crippen LogP contribution in [0.25, 0.3) is 0 Å². The monoisotopic (exact) mass is 324 g/mol. The van der Waals surface area contributed by atoms with Crippen LogP contribution in [0.2, 0.25) is 0 Å². The van der Waals surface area contributed by atoms with Crippen molar-refractivity contribution in [3.05, 3.63) is 35.9 Å². The third-order valence-corrected chi connectivity index (χ3v) is 4.05. The Balaban J connectivity index is 2.99. The van der Waals surface area contributed by atoms with Crippen molar-refractivity contribution in [1.29, 1.82) is 0 Å². The van der Waals surface area contributed by atoms with Gasteiger partial charge < -0.3 is 4.74 Å². The molecule has 0 amide bonds. The largest absolute Gasteiger partial charge is 0.426 e. The minimum absolute atomic E-state index is 0.0571. The van der Waals surface area contributed by atoms with Crippen LogP contribution in [0.1, 0.15) is 44.7 Å². The number of carbonyl (C=O) groups excluding carboxylic acids is 1. The molecule has 0 N–H and O–H groups in total. The number of rotatable bonds is 5. The summed E-state index contributed by atoms with van der Waals surface area (Å²) in [5.41, 5.74) is 1.84. The van der Waals surface area contributed by atoms with Crippen molar-refractivity contribution in [2.24, 2.45) is 0 Å². The van der Waals surface area contributed by atoms with E-state index in [2.05, 4.69) is 52.6 Å². The molecule has 0 bridgehead atoms. The molecule has 2 nitrogen and oxygen atoms in total. The van der Waals surface area contributed by atoms with Gasteiger partial charge >= 0.3 is 5.97 Å². The highest BCUT2D eigenvalue weighted by Gasteiger charge is 2.22. The SMILES string of the molecule is C=CCC(S)CC(=O)Oc1cc(C)c(S)cc1C(C)(C)C. The second kappa shape index (κ2) is 7.41. The summed E-state index contributed by atoms with van der Waals surface area (Å²) in [6.07, 6.45) is 2.70. The first-order valence-corrected chi connectivity index (χ1v) is 7.95. The van der Waals surface area contributed by atoms with Crippen molar-refractivity contribution in [3.8, 4) is 5.75 Å². The predicted molar refractivity (Wildman–Crippen MR) is 95.0 cm³/mol. The summed E-state index contributed by atoms with van der Waals surface area (Å²) in [4.78, 5) is 12.9. The molecule has 1 aromatic rings. The predicted octanol–water partition coefficient (Wildman–Crippen LogP) is 4.75. The van der Waals surface area contributed by atoms with E-state index < -0.39 is 0 Å². The fraction of sp³-hybridized carbons (Fsp3) is 0.471. The maximum Gasteiger partial charge on any atom is 0.312 e. The number of carbonyl (C=O) groups is 1. The molecule has 0 aromatic heterocycles. The van der Waals surface area contributed by atoms with E-state index in [1.54, 1.807) is 6.08 Å². The molecule has 21 heavy (non-hydrogen) atoms. The molecule has 0 saturated carbocycles. The molecule has 0 aliphatic rings. The number of aryl methyl sites for hydroxylation is 1. The maximum atomic E-state index is 12.0. The molecule has 1 unspecified atom stereocenters. The smallest absolute Gasteiger partial charge is 0.312 e. The molecule has 116 valence electrons. The van der Waals surface area contributed by atoms with Gasteiger partial charge in [0.15, 0.2) is 0 Å². The molecule has 4 heteroatoms. The summed E-state index contributed by atoms with van der Waals surface area (Å²) in [5, 5.41) is -0.0571. The first kappa shape index (κ1) is 18.2. The van der Waals surface area contributed by atoms with Crippen molar-refractivity contribution in [3.63, 3.8) is 0 Å². The minimum Gasteiger partial charge on any atom is -0.426 e. The Morgan fingerprint density at radius 3 is 2.57 bits per heavy atom. The van der Waals surface area contributed by atoms with Crippen LogP contribution in [0.5, 0.6) is 5.75 Å². The van der Waals surface area contributed by atoms with Crippen LogP contribution < -0.4 is 4.74 Å². The second-order valence-corrected chi connectivity index (χ2v) is 7.45. The molecular formula is C17H24O2S2. The zero-order valence-electron chi connectivity index (χ0n) is 13.1. The third-order valence-electron chi connectivity index (χ3n) is 3.17. The van der Waals surface area contributed by atoms with Crippen molar-refractivity contribution in [2.45, 2.75) is 56.1 Å². The van der Waals surface area contributed by atoms with Crippen LogP contribution in [0.4, 0.5) is 0 Å². The van der Waals surface area contributed by atoms with E-state index in [0.29, 0.717) is 12.2 Å². The molecular weight excluding hydrogens is 300 g/mol. The number of hydrogen-bond acceptors (Lipinski definition) is 4.